The molecule has 31 heavy (non-hydrogen) atoms. The third kappa shape index (κ3) is 4.33. The lowest BCUT2D eigenvalue weighted by molar-refractivity contribution is 0.445. The normalized spacial score (nSPS) is 15.1. The van der Waals surface area contributed by atoms with Crippen molar-refractivity contribution in [3.8, 4) is 0 Å². The van der Waals surface area contributed by atoms with Gasteiger partial charge in [0.2, 0.25) is 10.0 Å². The maximum atomic E-state index is 13.2. The topological polar surface area (TPSA) is 69.6 Å². The van der Waals surface area contributed by atoms with Crippen molar-refractivity contribution in [2.75, 3.05) is 49.1 Å². The van der Waals surface area contributed by atoms with Gasteiger partial charge in [0.15, 0.2) is 0 Å². The molecule has 3 aromatic rings. The van der Waals surface area contributed by atoms with Gasteiger partial charge in [-0.25, -0.2) is 17.8 Å². The monoisotopic (exact) mass is 443 g/mol. The number of hydrogen-bond donors (Lipinski definition) is 0. The highest BCUT2D eigenvalue weighted by molar-refractivity contribution is 7.89. The number of anilines is 2. The van der Waals surface area contributed by atoms with Gasteiger partial charge in [0.05, 0.1) is 22.1 Å². The number of hydrogen-bond acceptors (Lipinski definition) is 6. The Hall–Kier alpha value is -2.78. The van der Waals surface area contributed by atoms with E-state index >= 15 is 0 Å². The van der Waals surface area contributed by atoms with Crippen LogP contribution < -0.4 is 9.80 Å². The van der Waals surface area contributed by atoms with E-state index < -0.39 is 10.0 Å². The molecule has 2 heterocycles. The minimum Gasteiger partial charge on any atom is -0.368 e. The van der Waals surface area contributed by atoms with Gasteiger partial charge in [0, 0.05) is 45.0 Å². The van der Waals surface area contributed by atoms with Gasteiger partial charge in [-0.05, 0) is 42.5 Å². The molecule has 1 fully saturated rings. The first-order valence-corrected chi connectivity index (χ1v) is 11.9. The summed E-state index contributed by atoms with van der Waals surface area (Å²) < 4.78 is 40.1. The highest BCUT2D eigenvalue weighted by Crippen LogP contribution is 2.23. The maximum absolute atomic E-state index is 13.2. The summed E-state index contributed by atoms with van der Waals surface area (Å²) in [6, 6.07) is 11.5. The third-order valence-corrected chi connectivity index (χ3v) is 7.69. The van der Waals surface area contributed by atoms with E-state index in [2.05, 4.69) is 14.8 Å². The van der Waals surface area contributed by atoms with Crippen molar-refractivity contribution < 1.29 is 12.8 Å². The van der Waals surface area contributed by atoms with Gasteiger partial charge < -0.3 is 9.80 Å². The molecule has 0 saturated carbocycles. The first-order valence-electron chi connectivity index (χ1n) is 10.4. The predicted molar refractivity (Wildman–Crippen MR) is 120 cm³/mol. The molecule has 9 heteroatoms. The van der Waals surface area contributed by atoms with Gasteiger partial charge in [-0.1, -0.05) is 13.8 Å². The average molecular weight is 444 g/mol. The van der Waals surface area contributed by atoms with Crippen molar-refractivity contribution in [3.05, 3.63) is 54.5 Å². The largest absolute Gasteiger partial charge is 0.368 e. The number of aromatic nitrogens is 2. The lowest BCUT2D eigenvalue weighted by Gasteiger charge is -2.36. The van der Waals surface area contributed by atoms with E-state index in [0.29, 0.717) is 24.1 Å². The molecule has 0 radical (unpaired) electrons. The lowest BCUT2D eigenvalue weighted by atomic mass is 10.2. The van der Waals surface area contributed by atoms with E-state index in [1.807, 2.05) is 13.8 Å². The first-order chi connectivity index (χ1) is 14.9. The van der Waals surface area contributed by atoms with Crippen LogP contribution in [0.4, 0.5) is 15.9 Å². The fourth-order valence-corrected chi connectivity index (χ4v) is 5.33. The summed E-state index contributed by atoms with van der Waals surface area (Å²) in [5, 5.41) is 0. The summed E-state index contributed by atoms with van der Waals surface area (Å²) >= 11 is 0. The lowest BCUT2D eigenvalue weighted by Crippen LogP contribution is -2.46. The van der Waals surface area contributed by atoms with Crippen LogP contribution in [0.2, 0.25) is 0 Å². The Bertz CT molecular complexity index is 1160. The van der Waals surface area contributed by atoms with Crippen LogP contribution >= 0.6 is 0 Å². The molecular formula is C22H26FN5O2S. The van der Waals surface area contributed by atoms with Gasteiger partial charge in [-0.15, -0.1) is 0 Å². The van der Waals surface area contributed by atoms with Crippen LogP contribution in [0.3, 0.4) is 0 Å². The molecule has 4 rings (SSSR count). The summed E-state index contributed by atoms with van der Waals surface area (Å²) in [5.41, 5.74) is 2.23. The molecule has 164 valence electrons. The van der Waals surface area contributed by atoms with Crippen LogP contribution in [0.15, 0.2) is 53.6 Å². The average Bonchev–Trinajstić information content (AvgIpc) is 2.79. The van der Waals surface area contributed by atoms with Crippen molar-refractivity contribution in [3.63, 3.8) is 0 Å². The van der Waals surface area contributed by atoms with Gasteiger partial charge >= 0.3 is 0 Å². The van der Waals surface area contributed by atoms with Crippen molar-refractivity contribution in [1.29, 1.82) is 0 Å². The van der Waals surface area contributed by atoms with Gasteiger partial charge in [0.1, 0.15) is 11.6 Å². The Morgan fingerprint density at radius 1 is 0.935 bits per heavy atom. The molecule has 0 N–H and O–H groups in total. The highest BCUT2D eigenvalue weighted by atomic mass is 32.2. The van der Waals surface area contributed by atoms with E-state index in [4.69, 9.17) is 4.98 Å². The second-order valence-electron chi connectivity index (χ2n) is 7.42. The Kier molecular flexibility index (Phi) is 6.06. The Labute approximate surface area is 182 Å². The molecule has 0 spiro atoms. The number of benzene rings is 2. The van der Waals surface area contributed by atoms with Crippen LogP contribution in [0.1, 0.15) is 13.8 Å². The summed E-state index contributed by atoms with van der Waals surface area (Å²) in [5.74, 6) is 0.535. The fraction of sp³-hybridized carbons (Fsp3) is 0.364. The number of piperazine rings is 1. The summed E-state index contributed by atoms with van der Waals surface area (Å²) in [6.07, 6.45) is 1.70. The number of rotatable bonds is 6. The number of halogens is 1. The summed E-state index contributed by atoms with van der Waals surface area (Å²) in [6.45, 7) is 7.63. The fourth-order valence-electron chi connectivity index (χ4n) is 3.85. The zero-order valence-corrected chi connectivity index (χ0v) is 18.5. The second kappa shape index (κ2) is 8.76. The molecule has 0 atom stereocenters. The standard InChI is InChI=1S/C22H26FN5O2S/c1-3-28(4-2)31(29,30)19-9-10-20-21(15-19)24-16-22(25-20)27-13-11-26(12-14-27)18-7-5-17(23)6-8-18/h5-10,15-16H,3-4,11-14H2,1-2H3. The highest BCUT2D eigenvalue weighted by Gasteiger charge is 2.23. The van der Waals surface area contributed by atoms with E-state index in [1.165, 1.54) is 16.4 Å². The second-order valence-corrected chi connectivity index (χ2v) is 9.36. The van der Waals surface area contributed by atoms with Gasteiger partial charge in [-0.3, -0.25) is 4.98 Å². The van der Waals surface area contributed by atoms with Crippen LogP contribution in [0, 0.1) is 5.82 Å². The van der Waals surface area contributed by atoms with E-state index in [9.17, 15) is 12.8 Å². The van der Waals surface area contributed by atoms with Crippen LogP contribution in [-0.4, -0.2) is 62.0 Å². The molecule has 7 nitrogen and oxygen atoms in total. The Morgan fingerprint density at radius 3 is 2.23 bits per heavy atom. The number of nitrogens with zero attached hydrogens (tertiary/aromatic N) is 5. The van der Waals surface area contributed by atoms with E-state index in [-0.39, 0.29) is 10.7 Å². The van der Waals surface area contributed by atoms with Crippen molar-refractivity contribution >= 4 is 32.6 Å². The number of sulfonamides is 1. The van der Waals surface area contributed by atoms with E-state index in [0.717, 1.165) is 37.7 Å². The molecule has 1 aliphatic heterocycles. The van der Waals surface area contributed by atoms with Crippen LogP contribution in [0.25, 0.3) is 11.0 Å². The van der Waals surface area contributed by atoms with Crippen molar-refractivity contribution in [2.24, 2.45) is 0 Å². The predicted octanol–water partition coefficient (Wildman–Crippen LogP) is 3.13. The minimum atomic E-state index is -3.53. The molecule has 0 bridgehead atoms. The van der Waals surface area contributed by atoms with Gasteiger partial charge in [0.25, 0.3) is 0 Å². The molecule has 0 aliphatic carbocycles. The third-order valence-electron chi connectivity index (χ3n) is 5.64. The molecule has 1 aliphatic rings. The van der Waals surface area contributed by atoms with Crippen molar-refractivity contribution in [2.45, 2.75) is 18.7 Å². The van der Waals surface area contributed by atoms with E-state index in [1.54, 1.807) is 36.5 Å². The number of fused-ring (bicyclic) bond motifs is 1. The smallest absolute Gasteiger partial charge is 0.243 e. The zero-order chi connectivity index (χ0) is 22.0. The molecular weight excluding hydrogens is 417 g/mol. The SMILES string of the molecule is CCN(CC)S(=O)(=O)c1ccc2nc(N3CCN(c4ccc(F)cc4)CC3)cnc2c1. The molecule has 1 saturated heterocycles. The molecule has 1 aromatic heterocycles. The maximum Gasteiger partial charge on any atom is 0.243 e. The first kappa shape index (κ1) is 21.5. The Morgan fingerprint density at radius 2 is 1.58 bits per heavy atom. The zero-order valence-electron chi connectivity index (χ0n) is 17.7. The Balaban J connectivity index is 1.50. The van der Waals surface area contributed by atoms with Crippen LogP contribution in [-0.2, 0) is 10.0 Å². The molecule has 0 unspecified atom stereocenters. The summed E-state index contributed by atoms with van der Waals surface area (Å²) in [7, 11) is -3.53. The quantitative estimate of drug-likeness (QED) is 0.583. The molecule has 0 amide bonds. The van der Waals surface area contributed by atoms with Gasteiger partial charge in [-0.2, -0.15) is 4.31 Å². The summed E-state index contributed by atoms with van der Waals surface area (Å²) in [4.78, 5) is 13.8. The molecule has 2 aromatic carbocycles. The van der Waals surface area contributed by atoms with Crippen molar-refractivity contribution in [1.82, 2.24) is 14.3 Å². The van der Waals surface area contributed by atoms with Crippen LogP contribution in [0.5, 0.6) is 0 Å². The minimum absolute atomic E-state index is 0.234.